The van der Waals surface area contributed by atoms with Crippen LogP contribution in [-0.4, -0.2) is 24.5 Å². The third-order valence-electron chi connectivity index (χ3n) is 3.29. The molecule has 0 unspecified atom stereocenters. The number of anilines is 2. The Hall–Kier alpha value is -2.02. The minimum Gasteiger partial charge on any atom is -0.381 e. The zero-order valence-electron chi connectivity index (χ0n) is 14.2. The molecule has 23 heavy (non-hydrogen) atoms. The molecule has 0 bridgehead atoms. The summed E-state index contributed by atoms with van der Waals surface area (Å²) in [4.78, 5) is 0. The molecule has 126 valence electrons. The molecule has 1 aromatic heterocycles. The number of hydrogen-bond donors (Lipinski definition) is 2. The van der Waals surface area contributed by atoms with Gasteiger partial charge in [-0.2, -0.15) is 5.10 Å². The first-order valence-electron chi connectivity index (χ1n) is 7.39. The average molecular weight is 336 g/mol. The lowest BCUT2D eigenvalue weighted by molar-refractivity contribution is 0.549. The summed E-state index contributed by atoms with van der Waals surface area (Å²) in [6.07, 6.45) is 3.16. The molecule has 1 heterocycles. The molecule has 1 aromatic carbocycles. The molecule has 0 atom stereocenters. The fourth-order valence-corrected chi connectivity index (χ4v) is 2.93. The summed E-state index contributed by atoms with van der Waals surface area (Å²) in [6.45, 7) is 7.10. The molecule has 2 N–H and O–H groups in total. The fourth-order valence-electron chi connectivity index (χ4n) is 2.37. The minimum atomic E-state index is -3.25. The molecule has 6 nitrogen and oxygen atoms in total. The normalized spacial score (nSPS) is 12.2. The van der Waals surface area contributed by atoms with Gasteiger partial charge < -0.3 is 5.32 Å². The van der Waals surface area contributed by atoms with Gasteiger partial charge in [0.2, 0.25) is 10.0 Å². The van der Waals surface area contributed by atoms with Crippen molar-refractivity contribution in [2.45, 2.75) is 32.7 Å². The molecule has 0 saturated carbocycles. The first-order valence-corrected chi connectivity index (χ1v) is 9.28. The highest BCUT2D eigenvalue weighted by Gasteiger charge is 2.21. The van der Waals surface area contributed by atoms with Crippen molar-refractivity contribution in [2.24, 2.45) is 7.05 Å². The number of sulfonamides is 1. The van der Waals surface area contributed by atoms with E-state index in [4.69, 9.17) is 0 Å². The van der Waals surface area contributed by atoms with Crippen molar-refractivity contribution in [3.8, 4) is 0 Å². The number of nitrogens with one attached hydrogen (secondary N) is 2. The quantitative estimate of drug-likeness (QED) is 0.880. The number of hydrogen-bond acceptors (Lipinski definition) is 4. The van der Waals surface area contributed by atoms with Crippen LogP contribution < -0.4 is 10.0 Å². The molecule has 0 aliphatic heterocycles. The maximum absolute atomic E-state index is 11.2. The van der Waals surface area contributed by atoms with Crippen LogP contribution >= 0.6 is 0 Å². The number of aryl methyl sites for hydroxylation is 1. The Morgan fingerprint density at radius 2 is 1.70 bits per heavy atom. The predicted molar refractivity (Wildman–Crippen MR) is 94.1 cm³/mol. The van der Waals surface area contributed by atoms with Gasteiger partial charge >= 0.3 is 0 Å². The third kappa shape index (κ3) is 4.99. The van der Waals surface area contributed by atoms with Crippen LogP contribution in [0.2, 0.25) is 0 Å². The highest BCUT2D eigenvalue weighted by molar-refractivity contribution is 7.92. The molecule has 0 saturated heterocycles. The van der Waals surface area contributed by atoms with Crippen LogP contribution in [0.3, 0.4) is 0 Å². The van der Waals surface area contributed by atoms with Gasteiger partial charge in [0.1, 0.15) is 0 Å². The van der Waals surface area contributed by atoms with Crippen LogP contribution in [0.1, 0.15) is 32.0 Å². The molecule has 7 heteroatoms. The molecule has 0 aliphatic carbocycles. The molecular weight excluding hydrogens is 312 g/mol. The fraction of sp³-hybridized carbons (Fsp3) is 0.438. The molecule has 2 aromatic rings. The van der Waals surface area contributed by atoms with Crippen LogP contribution in [0.15, 0.2) is 30.5 Å². The summed E-state index contributed by atoms with van der Waals surface area (Å²) in [5.74, 6) is 0. The van der Waals surface area contributed by atoms with E-state index in [1.165, 1.54) is 0 Å². The van der Waals surface area contributed by atoms with Gasteiger partial charge in [-0.05, 0) is 24.3 Å². The Labute approximate surface area is 138 Å². The van der Waals surface area contributed by atoms with E-state index in [0.29, 0.717) is 12.2 Å². The van der Waals surface area contributed by atoms with Gasteiger partial charge in [-0.15, -0.1) is 0 Å². The minimum absolute atomic E-state index is 0.0124. The summed E-state index contributed by atoms with van der Waals surface area (Å²) in [7, 11) is -1.32. The molecule has 0 aliphatic rings. The zero-order chi connectivity index (χ0) is 17.3. The summed E-state index contributed by atoms with van der Waals surface area (Å²) < 4.78 is 26.7. The van der Waals surface area contributed by atoms with Crippen LogP contribution in [0.4, 0.5) is 11.4 Å². The molecule has 0 spiro atoms. The highest BCUT2D eigenvalue weighted by atomic mass is 32.2. The summed E-state index contributed by atoms with van der Waals surface area (Å²) in [5, 5.41) is 7.89. The first kappa shape index (κ1) is 17.3. The van der Waals surface area contributed by atoms with Gasteiger partial charge in [-0.25, -0.2) is 8.42 Å². The largest absolute Gasteiger partial charge is 0.381 e. The van der Waals surface area contributed by atoms with Gasteiger partial charge in [0.05, 0.1) is 11.9 Å². The second-order valence-corrected chi connectivity index (χ2v) is 8.48. The smallest absolute Gasteiger partial charge is 0.229 e. The topological polar surface area (TPSA) is 76.0 Å². The SMILES string of the molecule is Cn1cc(CNc2ccc(NS(C)(=O)=O)cc2)c(C(C)(C)C)n1. The number of rotatable bonds is 5. The van der Waals surface area contributed by atoms with Crippen molar-refractivity contribution in [2.75, 3.05) is 16.3 Å². The second-order valence-electron chi connectivity index (χ2n) is 6.73. The van der Waals surface area contributed by atoms with E-state index in [-0.39, 0.29) is 5.41 Å². The Bertz CT molecular complexity index is 771. The summed E-state index contributed by atoms with van der Waals surface area (Å²) >= 11 is 0. The Kier molecular flexibility index (Phi) is 4.70. The first-order chi connectivity index (χ1) is 10.5. The lowest BCUT2D eigenvalue weighted by Crippen LogP contribution is -2.16. The zero-order valence-corrected chi connectivity index (χ0v) is 15.0. The maximum atomic E-state index is 11.2. The monoisotopic (exact) mass is 336 g/mol. The van der Waals surface area contributed by atoms with E-state index in [9.17, 15) is 8.42 Å². The van der Waals surface area contributed by atoms with Crippen LogP contribution in [0.25, 0.3) is 0 Å². The van der Waals surface area contributed by atoms with Gasteiger partial charge in [0.15, 0.2) is 0 Å². The van der Waals surface area contributed by atoms with Crippen molar-refractivity contribution in [3.63, 3.8) is 0 Å². The Morgan fingerprint density at radius 1 is 1.13 bits per heavy atom. The van der Waals surface area contributed by atoms with Crippen molar-refractivity contribution < 1.29 is 8.42 Å². The van der Waals surface area contributed by atoms with Gasteiger partial charge in [-0.1, -0.05) is 20.8 Å². The molecule has 0 amide bonds. The van der Waals surface area contributed by atoms with Crippen LogP contribution in [0.5, 0.6) is 0 Å². The van der Waals surface area contributed by atoms with Gasteiger partial charge in [0, 0.05) is 42.1 Å². The molecule has 2 rings (SSSR count). The van der Waals surface area contributed by atoms with E-state index in [2.05, 4.69) is 35.9 Å². The Balaban J connectivity index is 2.07. The van der Waals surface area contributed by atoms with E-state index in [0.717, 1.165) is 23.2 Å². The van der Waals surface area contributed by atoms with Crippen molar-refractivity contribution in [1.29, 1.82) is 0 Å². The number of aromatic nitrogens is 2. The van der Waals surface area contributed by atoms with E-state index in [1.807, 2.05) is 30.1 Å². The lowest BCUT2D eigenvalue weighted by Gasteiger charge is -2.18. The average Bonchev–Trinajstić information content (AvgIpc) is 2.77. The molecule has 0 fully saturated rings. The lowest BCUT2D eigenvalue weighted by atomic mass is 9.89. The van der Waals surface area contributed by atoms with E-state index in [1.54, 1.807) is 12.1 Å². The predicted octanol–water partition coefficient (Wildman–Crippen LogP) is 2.70. The van der Waals surface area contributed by atoms with E-state index < -0.39 is 10.0 Å². The number of benzene rings is 1. The third-order valence-corrected chi connectivity index (χ3v) is 3.89. The number of nitrogens with zero attached hydrogens (tertiary/aromatic N) is 2. The summed E-state index contributed by atoms with van der Waals surface area (Å²) in [6, 6.07) is 7.16. The van der Waals surface area contributed by atoms with Gasteiger partial charge in [0.25, 0.3) is 0 Å². The molecular formula is C16H24N4O2S. The van der Waals surface area contributed by atoms with Gasteiger partial charge in [-0.3, -0.25) is 9.40 Å². The van der Waals surface area contributed by atoms with Crippen LogP contribution in [0, 0.1) is 0 Å². The van der Waals surface area contributed by atoms with Crippen molar-refractivity contribution in [3.05, 3.63) is 41.7 Å². The summed E-state index contributed by atoms with van der Waals surface area (Å²) in [5.41, 5.74) is 3.69. The van der Waals surface area contributed by atoms with Crippen LogP contribution in [-0.2, 0) is 29.0 Å². The second kappa shape index (κ2) is 6.23. The van der Waals surface area contributed by atoms with Crippen molar-refractivity contribution in [1.82, 2.24) is 9.78 Å². The van der Waals surface area contributed by atoms with E-state index >= 15 is 0 Å². The molecule has 0 radical (unpaired) electrons. The highest BCUT2D eigenvalue weighted by Crippen LogP contribution is 2.25. The maximum Gasteiger partial charge on any atom is 0.229 e. The van der Waals surface area contributed by atoms with Crippen molar-refractivity contribution >= 4 is 21.4 Å². The standard InChI is InChI=1S/C16H24N4O2S/c1-16(2,3)15-12(11-20(4)18-15)10-17-13-6-8-14(9-7-13)19-23(5,21)22/h6-9,11,17,19H,10H2,1-5H3. The Morgan fingerprint density at radius 3 is 2.22 bits per heavy atom.